The standard InChI is InChI=1S/C11H17N5O2S/c1-5(9(17)13-2)14-10(18)7-8(12)16-11(19-7)15-6-3-4-6/h5-6H,3-4,12H2,1-2H3,(H,13,17)(H,14,18)(H,15,16). The summed E-state index contributed by atoms with van der Waals surface area (Å²) in [5, 5.41) is 8.89. The third kappa shape index (κ3) is 3.34. The second kappa shape index (κ2) is 5.43. The van der Waals surface area contributed by atoms with Crippen LogP contribution < -0.4 is 21.7 Å². The van der Waals surface area contributed by atoms with Gasteiger partial charge < -0.3 is 21.7 Å². The lowest BCUT2D eigenvalue weighted by Crippen LogP contribution is -2.43. The van der Waals surface area contributed by atoms with Crippen molar-refractivity contribution in [1.29, 1.82) is 0 Å². The molecule has 1 unspecified atom stereocenters. The number of nitrogens with two attached hydrogens (primary N) is 1. The minimum absolute atomic E-state index is 0.190. The molecule has 8 heteroatoms. The van der Waals surface area contributed by atoms with Gasteiger partial charge in [0.25, 0.3) is 5.91 Å². The third-order valence-corrected chi connectivity index (χ3v) is 3.75. The number of carbonyl (C=O) groups excluding carboxylic acids is 2. The molecular weight excluding hydrogens is 266 g/mol. The molecule has 2 amide bonds. The molecule has 0 aliphatic heterocycles. The van der Waals surface area contributed by atoms with E-state index in [2.05, 4.69) is 20.9 Å². The number of rotatable bonds is 5. The number of aromatic nitrogens is 1. The first-order valence-corrected chi connectivity index (χ1v) is 6.88. The van der Waals surface area contributed by atoms with E-state index in [0.29, 0.717) is 16.1 Å². The lowest BCUT2D eigenvalue weighted by molar-refractivity contribution is -0.122. The van der Waals surface area contributed by atoms with Gasteiger partial charge in [-0.2, -0.15) is 0 Å². The first-order valence-electron chi connectivity index (χ1n) is 6.06. The van der Waals surface area contributed by atoms with Crippen LogP contribution in [0.3, 0.4) is 0 Å². The average molecular weight is 283 g/mol. The van der Waals surface area contributed by atoms with Crippen LogP contribution in [0.15, 0.2) is 0 Å². The van der Waals surface area contributed by atoms with Crippen LogP contribution in [-0.2, 0) is 4.79 Å². The summed E-state index contributed by atoms with van der Waals surface area (Å²) in [7, 11) is 1.52. The molecule has 1 fully saturated rings. The van der Waals surface area contributed by atoms with Crippen LogP contribution in [0.4, 0.5) is 10.9 Å². The molecule has 0 saturated heterocycles. The molecule has 1 saturated carbocycles. The quantitative estimate of drug-likeness (QED) is 0.615. The Morgan fingerprint density at radius 3 is 2.74 bits per heavy atom. The molecule has 1 heterocycles. The Morgan fingerprint density at radius 2 is 2.16 bits per heavy atom. The van der Waals surface area contributed by atoms with E-state index >= 15 is 0 Å². The van der Waals surface area contributed by atoms with Gasteiger partial charge in [0.2, 0.25) is 5.91 Å². The van der Waals surface area contributed by atoms with Gasteiger partial charge >= 0.3 is 0 Å². The third-order valence-electron chi connectivity index (χ3n) is 2.75. The largest absolute Gasteiger partial charge is 0.382 e. The molecule has 0 radical (unpaired) electrons. The predicted octanol–water partition coefficient (Wildman–Crippen LogP) is 0.164. The fourth-order valence-electron chi connectivity index (χ4n) is 1.50. The van der Waals surface area contributed by atoms with Crippen molar-refractivity contribution in [1.82, 2.24) is 15.6 Å². The van der Waals surface area contributed by atoms with Crippen molar-refractivity contribution in [2.24, 2.45) is 0 Å². The van der Waals surface area contributed by atoms with E-state index in [4.69, 9.17) is 5.73 Å². The number of carbonyl (C=O) groups is 2. The smallest absolute Gasteiger partial charge is 0.265 e. The van der Waals surface area contributed by atoms with Crippen molar-refractivity contribution in [2.75, 3.05) is 18.1 Å². The van der Waals surface area contributed by atoms with Crippen LogP contribution in [-0.4, -0.2) is 35.9 Å². The number of nitrogen functional groups attached to an aromatic ring is 1. The van der Waals surface area contributed by atoms with Crippen LogP contribution in [0.5, 0.6) is 0 Å². The van der Waals surface area contributed by atoms with E-state index < -0.39 is 6.04 Å². The molecule has 1 aromatic heterocycles. The Hall–Kier alpha value is -1.83. The summed E-state index contributed by atoms with van der Waals surface area (Å²) in [6.45, 7) is 1.61. The number of hydrogen-bond acceptors (Lipinski definition) is 6. The topological polar surface area (TPSA) is 109 Å². The summed E-state index contributed by atoms with van der Waals surface area (Å²) >= 11 is 1.21. The highest BCUT2D eigenvalue weighted by Crippen LogP contribution is 2.30. The average Bonchev–Trinajstić information content (AvgIpc) is 3.10. The van der Waals surface area contributed by atoms with Gasteiger partial charge in [0.15, 0.2) is 5.13 Å². The molecule has 104 valence electrons. The van der Waals surface area contributed by atoms with Gasteiger partial charge in [0.1, 0.15) is 16.7 Å². The number of likely N-dealkylation sites (N-methyl/N-ethyl adjacent to an activating group) is 1. The van der Waals surface area contributed by atoms with Crippen LogP contribution >= 0.6 is 11.3 Å². The second-order valence-electron chi connectivity index (χ2n) is 4.46. The van der Waals surface area contributed by atoms with Crippen molar-refractivity contribution < 1.29 is 9.59 Å². The fraction of sp³-hybridized carbons (Fsp3) is 0.545. The van der Waals surface area contributed by atoms with Crippen molar-refractivity contribution in [3.8, 4) is 0 Å². The number of nitrogens with zero attached hydrogens (tertiary/aromatic N) is 1. The number of anilines is 2. The minimum Gasteiger partial charge on any atom is -0.382 e. The molecule has 1 atom stereocenters. The Morgan fingerprint density at radius 1 is 1.47 bits per heavy atom. The van der Waals surface area contributed by atoms with Gasteiger partial charge in [-0.25, -0.2) is 4.98 Å². The molecule has 19 heavy (non-hydrogen) atoms. The lowest BCUT2D eigenvalue weighted by Gasteiger charge is -2.11. The zero-order chi connectivity index (χ0) is 14.0. The van der Waals surface area contributed by atoms with E-state index in [1.54, 1.807) is 6.92 Å². The van der Waals surface area contributed by atoms with E-state index in [1.165, 1.54) is 18.4 Å². The van der Waals surface area contributed by atoms with Crippen molar-refractivity contribution in [2.45, 2.75) is 31.8 Å². The van der Waals surface area contributed by atoms with E-state index in [0.717, 1.165) is 12.8 Å². The maximum absolute atomic E-state index is 12.0. The molecule has 1 aliphatic carbocycles. The summed E-state index contributed by atoms with van der Waals surface area (Å²) in [6, 6.07) is -0.162. The number of nitrogens with one attached hydrogen (secondary N) is 3. The van der Waals surface area contributed by atoms with Crippen molar-refractivity contribution in [3.05, 3.63) is 4.88 Å². The lowest BCUT2D eigenvalue weighted by atomic mass is 10.3. The highest BCUT2D eigenvalue weighted by molar-refractivity contribution is 7.18. The summed E-state index contributed by atoms with van der Waals surface area (Å²) in [6.07, 6.45) is 2.24. The predicted molar refractivity (Wildman–Crippen MR) is 74.2 cm³/mol. The fourth-order valence-corrected chi connectivity index (χ4v) is 2.37. The Kier molecular flexibility index (Phi) is 3.89. The maximum atomic E-state index is 12.0. The van der Waals surface area contributed by atoms with Gasteiger partial charge in [-0.3, -0.25) is 9.59 Å². The van der Waals surface area contributed by atoms with Gasteiger partial charge in [0.05, 0.1) is 0 Å². The van der Waals surface area contributed by atoms with E-state index in [1.807, 2.05) is 0 Å². The number of hydrogen-bond donors (Lipinski definition) is 4. The van der Waals surface area contributed by atoms with Gasteiger partial charge in [-0.05, 0) is 19.8 Å². The van der Waals surface area contributed by atoms with E-state index in [-0.39, 0.29) is 17.6 Å². The molecule has 2 rings (SSSR count). The molecule has 0 spiro atoms. The molecule has 0 aromatic carbocycles. The highest BCUT2D eigenvalue weighted by atomic mass is 32.1. The molecule has 1 aromatic rings. The zero-order valence-electron chi connectivity index (χ0n) is 10.8. The monoisotopic (exact) mass is 283 g/mol. The Balaban J connectivity index is 2.01. The molecule has 1 aliphatic rings. The highest BCUT2D eigenvalue weighted by Gasteiger charge is 2.25. The summed E-state index contributed by atoms with van der Waals surface area (Å²) < 4.78 is 0. The van der Waals surface area contributed by atoms with Gasteiger partial charge in [0, 0.05) is 13.1 Å². The minimum atomic E-state index is -0.612. The first-order chi connectivity index (χ1) is 9.01. The number of amides is 2. The number of thiazole rings is 1. The zero-order valence-corrected chi connectivity index (χ0v) is 11.6. The van der Waals surface area contributed by atoms with Gasteiger partial charge in [-0.15, -0.1) is 0 Å². The summed E-state index contributed by atoms with van der Waals surface area (Å²) in [5.41, 5.74) is 5.72. The summed E-state index contributed by atoms with van der Waals surface area (Å²) in [5.74, 6) is -0.447. The molecule has 0 bridgehead atoms. The SMILES string of the molecule is CNC(=O)C(C)NC(=O)c1sc(NC2CC2)nc1N. The van der Waals surface area contributed by atoms with Crippen LogP contribution in [0, 0.1) is 0 Å². The van der Waals surface area contributed by atoms with Crippen LogP contribution in [0.1, 0.15) is 29.4 Å². The van der Waals surface area contributed by atoms with Gasteiger partial charge in [-0.1, -0.05) is 11.3 Å². The van der Waals surface area contributed by atoms with Crippen molar-refractivity contribution >= 4 is 34.1 Å². The van der Waals surface area contributed by atoms with Crippen LogP contribution in [0.2, 0.25) is 0 Å². The Labute approximate surface area is 115 Å². The van der Waals surface area contributed by atoms with E-state index in [9.17, 15) is 9.59 Å². The molecule has 5 N–H and O–H groups in total. The maximum Gasteiger partial charge on any atom is 0.265 e. The van der Waals surface area contributed by atoms with Crippen molar-refractivity contribution in [3.63, 3.8) is 0 Å². The second-order valence-corrected chi connectivity index (χ2v) is 5.46. The summed E-state index contributed by atoms with van der Waals surface area (Å²) in [4.78, 5) is 27.8. The normalized spacial score (nSPS) is 15.7. The molecular formula is C11H17N5O2S. The Bertz CT molecular complexity index is 497. The first kappa shape index (κ1) is 13.6. The van der Waals surface area contributed by atoms with Crippen LogP contribution in [0.25, 0.3) is 0 Å². The molecule has 7 nitrogen and oxygen atoms in total.